The summed E-state index contributed by atoms with van der Waals surface area (Å²) >= 11 is 0. The van der Waals surface area contributed by atoms with Crippen molar-refractivity contribution in [3.8, 4) is 0 Å². The maximum Gasteiger partial charge on any atom is 0.180 e. The van der Waals surface area contributed by atoms with Crippen LogP contribution in [0.2, 0.25) is 0 Å². The minimum absolute atomic E-state index is 0.286. The van der Waals surface area contributed by atoms with E-state index in [-0.39, 0.29) is 5.92 Å². The number of nitrogens with two attached hydrogens (primary N) is 2. The van der Waals surface area contributed by atoms with Gasteiger partial charge in [-0.15, -0.1) is 10.2 Å². The number of hydrogen-bond acceptors (Lipinski definition) is 7. The topological polar surface area (TPSA) is 120 Å². The first-order chi connectivity index (χ1) is 13.0. The molecule has 138 valence electrons. The molecular weight excluding hydrogens is 340 g/mol. The molecule has 0 aromatic carbocycles. The van der Waals surface area contributed by atoms with Gasteiger partial charge in [0.25, 0.3) is 0 Å². The van der Waals surface area contributed by atoms with E-state index >= 15 is 0 Å². The molecule has 4 rings (SSSR count). The van der Waals surface area contributed by atoms with E-state index in [1.165, 1.54) is 0 Å². The Morgan fingerprint density at radius 1 is 1.30 bits per heavy atom. The van der Waals surface area contributed by atoms with Crippen LogP contribution in [0.25, 0.3) is 5.65 Å². The van der Waals surface area contributed by atoms with Crippen molar-refractivity contribution < 1.29 is 0 Å². The molecule has 2 unspecified atom stereocenters. The Morgan fingerprint density at radius 3 is 2.81 bits per heavy atom. The highest BCUT2D eigenvalue weighted by Crippen LogP contribution is 2.50. The fraction of sp³-hybridized carbons (Fsp3) is 0.316. The summed E-state index contributed by atoms with van der Waals surface area (Å²) in [6, 6.07) is 5.81. The molecule has 1 saturated carbocycles. The minimum atomic E-state index is 0.286. The van der Waals surface area contributed by atoms with Gasteiger partial charge in [0.2, 0.25) is 0 Å². The molecule has 1 aliphatic rings. The zero-order valence-electron chi connectivity index (χ0n) is 15.6. The van der Waals surface area contributed by atoms with E-state index in [0.29, 0.717) is 11.7 Å². The summed E-state index contributed by atoms with van der Waals surface area (Å²) in [6.07, 6.45) is 4.75. The zero-order chi connectivity index (χ0) is 19.1. The number of rotatable bonds is 4. The van der Waals surface area contributed by atoms with Crippen molar-refractivity contribution in [1.29, 1.82) is 0 Å². The van der Waals surface area contributed by atoms with Gasteiger partial charge in [-0.1, -0.05) is 6.07 Å². The molecule has 0 saturated heterocycles. The molecular formula is C19H22N8. The second-order valence-electron chi connectivity index (χ2n) is 6.91. The van der Waals surface area contributed by atoms with Gasteiger partial charge in [-0.25, -0.2) is 4.98 Å². The normalized spacial score (nSPS) is 20.3. The Labute approximate surface area is 157 Å². The molecule has 1 fully saturated rings. The number of nitrogen functional groups attached to an aromatic ring is 1. The first kappa shape index (κ1) is 17.1. The number of pyridine rings is 1. The molecule has 0 amide bonds. The van der Waals surface area contributed by atoms with Gasteiger partial charge in [-0.3, -0.25) is 4.99 Å². The molecule has 3 aromatic rings. The van der Waals surface area contributed by atoms with Crippen LogP contribution in [0, 0.1) is 19.8 Å². The highest BCUT2D eigenvalue weighted by atomic mass is 15.4. The number of nitrogens with zero attached hydrogens (tertiary/aromatic N) is 6. The molecule has 0 bridgehead atoms. The molecule has 0 spiro atoms. The number of aliphatic imine (C=N–C) groups is 1. The number of allylic oxidation sites excluding steroid dienone is 2. The van der Waals surface area contributed by atoms with Crippen LogP contribution in [0.5, 0.6) is 0 Å². The Morgan fingerprint density at radius 2 is 2.11 bits per heavy atom. The zero-order valence-corrected chi connectivity index (χ0v) is 15.6. The lowest BCUT2D eigenvalue weighted by Gasteiger charge is -2.06. The lowest BCUT2D eigenvalue weighted by atomic mass is 10.1. The summed E-state index contributed by atoms with van der Waals surface area (Å²) < 4.78 is 1.74. The summed E-state index contributed by atoms with van der Waals surface area (Å²) in [5, 5.41) is 12.9. The lowest BCUT2D eigenvalue weighted by molar-refractivity contribution is 0.863. The van der Waals surface area contributed by atoms with Gasteiger partial charge in [0.15, 0.2) is 11.5 Å². The van der Waals surface area contributed by atoms with E-state index < -0.39 is 0 Å². The van der Waals surface area contributed by atoms with Crippen LogP contribution in [-0.4, -0.2) is 37.6 Å². The van der Waals surface area contributed by atoms with Crippen LogP contribution in [0.4, 0.5) is 5.82 Å². The molecule has 0 radical (unpaired) electrons. The van der Waals surface area contributed by atoms with Gasteiger partial charge in [0.05, 0.1) is 5.71 Å². The molecule has 3 aromatic heterocycles. The van der Waals surface area contributed by atoms with Crippen molar-refractivity contribution in [2.24, 2.45) is 16.6 Å². The standard InChI is InChI=1S/C19H22N8/c1-10-6-17(26-27-11(2)24-25-19(10)27)16(22-3)8-15(20)14-7-13(14)12-4-5-18(21)23-9-12/h4-6,8-9,13-14H,7,20H2,1-3H3,(H2,21,23)/b15-8-,22-16?. The molecule has 8 heteroatoms. The largest absolute Gasteiger partial charge is 0.402 e. The third-order valence-electron chi connectivity index (χ3n) is 4.97. The van der Waals surface area contributed by atoms with Gasteiger partial charge in [0.1, 0.15) is 11.5 Å². The average Bonchev–Trinajstić information content (AvgIpc) is 3.37. The Hall–Kier alpha value is -3.29. The highest BCUT2D eigenvalue weighted by Gasteiger charge is 2.40. The third kappa shape index (κ3) is 3.14. The fourth-order valence-corrected chi connectivity index (χ4v) is 3.34. The van der Waals surface area contributed by atoms with Gasteiger partial charge in [-0.05, 0) is 55.5 Å². The highest BCUT2D eigenvalue weighted by molar-refractivity contribution is 6.07. The fourth-order valence-electron chi connectivity index (χ4n) is 3.34. The number of fused-ring (bicyclic) bond motifs is 1. The van der Waals surface area contributed by atoms with E-state index in [9.17, 15) is 0 Å². The van der Waals surface area contributed by atoms with Crippen molar-refractivity contribution in [1.82, 2.24) is 24.8 Å². The SMILES string of the molecule is CN=C(/C=C(\N)C1CC1c1ccc(N)nc1)c1cc(C)c2nnc(C)n2n1. The van der Waals surface area contributed by atoms with Crippen molar-refractivity contribution >= 4 is 17.2 Å². The predicted octanol–water partition coefficient (Wildman–Crippen LogP) is 1.78. The molecule has 27 heavy (non-hydrogen) atoms. The number of anilines is 1. The van der Waals surface area contributed by atoms with Crippen molar-refractivity contribution in [3.05, 3.63) is 58.8 Å². The summed E-state index contributed by atoms with van der Waals surface area (Å²) in [6.45, 7) is 3.86. The lowest BCUT2D eigenvalue weighted by Crippen LogP contribution is -2.11. The maximum atomic E-state index is 6.39. The summed E-state index contributed by atoms with van der Waals surface area (Å²) in [7, 11) is 1.74. The smallest absolute Gasteiger partial charge is 0.180 e. The van der Waals surface area contributed by atoms with E-state index in [2.05, 4.69) is 25.3 Å². The van der Waals surface area contributed by atoms with Crippen LogP contribution < -0.4 is 11.5 Å². The maximum absolute atomic E-state index is 6.39. The first-order valence-corrected chi connectivity index (χ1v) is 8.83. The number of hydrogen-bond donors (Lipinski definition) is 2. The summed E-state index contributed by atoms with van der Waals surface area (Å²) in [5.74, 6) is 1.93. The molecule has 2 atom stereocenters. The Bertz CT molecular complexity index is 1060. The van der Waals surface area contributed by atoms with Crippen molar-refractivity contribution in [2.45, 2.75) is 26.2 Å². The summed E-state index contributed by atoms with van der Waals surface area (Å²) in [5.41, 5.74) is 17.3. The second kappa shape index (κ2) is 6.46. The van der Waals surface area contributed by atoms with E-state index in [1.54, 1.807) is 11.6 Å². The van der Waals surface area contributed by atoms with Crippen LogP contribution in [0.15, 0.2) is 41.2 Å². The number of aromatic nitrogens is 5. The van der Waals surface area contributed by atoms with Gasteiger partial charge < -0.3 is 11.5 Å². The monoisotopic (exact) mass is 362 g/mol. The van der Waals surface area contributed by atoms with Crippen LogP contribution in [0.3, 0.4) is 0 Å². The third-order valence-corrected chi connectivity index (χ3v) is 4.97. The first-order valence-electron chi connectivity index (χ1n) is 8.83. The molecule has 3 heterocycles. The van der Waals surface area contributed by atoms with Crippen molar-refractivity contribution in [3.63, 3.8) is 0 Å². The van der Waals surface area contributed by atoms with Crippen molar-refractivity contribution in [2.75, 3.05) is 12.8 Å². The minimum Gasteiger partial charge on any atom is -0.402 e. The molecule has 4 N–H and O–H groups in total. The van der Waals surface area contributed by atoms with E-state index in [0.717, 1.165) is 46.1 Å². The van der Waals surface area contributed by atoms with E-state index in [1.807, 2.05) is 44.3 Å². The Balaban J connectivity index is 1.60. The van der Waals surface area contributed by atoms with Gasteiger partial charge >= 0.3 is 0 Å². The predicted molar refractivity (Wildman–Crippen MR) is 104 cm³/mol. The number of aryl methyl sites for hydroxylation is 2. The van der Waals surface area contributed by atoms with Crippen LogP contribution in [0.1, 0.15) is 35.0 Å². The van der Waals surface area contributed by atoms with Crippen LogP contribution >= 0.6 is 0 Å². The molecule has 8 nitrogen and oxygen atoms in total. The molecule has 1 aliphatic carbocycles. The molecule has 0 aliphatic heterocycles. The van der Waals surface area contributed by atoms with Gasteiger partial charge in [0, 0.05) is 24.9 Å². The summed E-state index contributed by atoms with van der Waals surface area (Å²) in [4.78, 5) is 8.56. The quantitative estimate of drug-likeness (QED) is 0.683. The van der Waals surface area contributed by atoms with E-state index in [4.69, 9.17) is 11.5 Å². The second-order valence-corrected chi connectivity index (χ2v) is 6.91. The average molecular weight is 362 g/mol. The van der Waals surface area contributed by atoms with Gasteiger partial charge in [-0.2, -0.15) is 9.61 Å². The Kier molecular flexibility index (Phi) is 4.10. The van der Waals surface area contributed by atoms with Crippen LogP contribution in [-0.2, 0) is 0 Å².